The van der Waals surface area contributed by atoms with Crippen LogP contribution in [-0.2, 0) is 16.1 Å². The number of para-hydroxylation sites is 1. The number of benzene rings is 2. The summed E-state index contributed by atoms with van der Waals surface area (Å²) in [4.78, 5) is 25.0. The van der Waals surface area contributed by atoms with Crippen LogP contribution in [0.4, 0.5) is 5.69 Å². The zero-order valence-corrected chi connectivity index (χ0v) is 19.2. The molecule has 0 radical (unpaired) electrons. The number of hydrogen-bond acceptors (Lipinski definition) is 5. The molecular weight excluding hydrogens is 462 g/mol. The van der Waals surface area contributed by atoms with E-state index in [0.29, 0.717) is 21.3 Å². The van der Waals surface area contributed by atoms with E-state index in [2.05, 4.69) is 10.4 Å². The fourth-order valence-electron chi connectivity index (χ4n) is 3.25. The first-order chi connectivity index (χ1) is 16.0. The number of nitrogens with one attached hydrogen (secondary N) is 1. The van der Waals surface area contributed by atoms with Crippen molar-refractivity contribution in [1.29, 1.82) is 0 Å². The highest BCUT2D eigenvalue weighted by molar-refractivity contribution is 7.71. The van der Waals surface area contributed by atoms with Crippen molar-refractivity contribution in [2.75, 3.05) is 11.9 Å². The fourth-order valence-corrected chi connectivity index (χ4v) is 3.67. The second kappa shape index (κ2) is 9.85. The van der Waals surface area contributed by atoms with Crippen molar-refractivity contribution >= 4 is 41.4 Å². The Morgan fingerprint density at radius 3 is 2.45 bits per heavy atom. The molecule has 2 heterocycles. The molecule has 4 rings (SSSR count). The van der Waals surface area contributed by atoms with E-state index < -0.39 is 5.97 Å². The van der Waals surface area contributed by atoms with Crippen molar-refractivity contribution in [2.24, 2.45) is 0 Å². The van der Waals surface area contributed by atoms with E-state index in [1.54, 1.807) is 52.7 Å². The minimum absolute atomic E-state index is 0.148. The molecule has 2 aromatic heterocycles. The van der Waals surface area contributed by atoms with Gasteiger partial charge in [0.25, 0.3) is 0 Å². The largest absolute Gasteiger partial charge is 0.462 e. The molecule has 10 heteroatoms. The highest BCUT2D eigenvalue weighted by atomic mass is 35.5. The maximum Gasteiger partial charge on any atom is 0.340 e. The molecule has 168 valence electrons. The van der Waals surface area contributed by atoms with Crippen LogP contribution in [0.2, 0.25) is 5.02 Å². The maximum atomic E-state index is 12.9. The molecular formula is C23H20ClN5O3S. The van der Waals surface area contributed by atoms with Crippen molar-refractivity contribution in [2.45, 2.75) is 13.5 Å². The molecule has 8 nitrogen and oxygen atoms in total. The number of halogens is 1. The predicted molar refractivity (Wildman–Crippen MR) is 128 cm³/mol. The molecule has 2 aromatic carbocycles. The average Bonchev–Trinajstić information content (AvgIpc) is 3.43. The summed E-state index contributed by atoms with van der Waals surface area (Å²) in [5.41, 5.74) is 1.41. The number of esters is 1. The van der Waals surface area contributed by atoms with Crippen LogP contribution in [-0.4, -0.2) is 37.6 Å². The van der Waals surface area contributed by atoms with Crippen molar-refractivity contribution in [3.05, 3.63) is 88.4 Å². The number of amides is 1. The number of anilines is 1. The van der Waals surface area contributed by atoms with E-state index in [0.717, 1.165) is 5.56 Å². The summed E-state index contributed by atoms with van der Waals surface area (Å²) in [6.45, 7) is 1.81. The Bertz CT molecular complexity index is 1340. The Morgan fingerprint density at radius 2 is 1.76 bits per heavy atom. The Balaban J connectivity index is 1.65. The van der Waals surface area contributed by atoms with Gasteiger partial charge in [-0.2, -0.15) is 0 Å². The van der Waals surface area contributed by atoms with E-state index in [4.69, 9.17) is 28.6 Å². The first-order valence-corrected chi connectivity index (χ1v) is 10.9. The SMILES string of the molecule is CCOC(=O)c1ccccc1NC(=O)Cn1nc(-c2ccc(Cl)cc2)n(-n2cccc2)c1=S. The van der Waals surface area contributed by atoms with Crippen molar-refractivity contribution in [1.82, 2.24) is 19.1 Å². The van der Waals surface area contributed by atoms with Gasteiger partial charge >= 0.3 is 5.97 Å². The Labute approximate surface area is 200 Å². The zero-order chi connectivity index (χ0) is 23.4. The summed E-state index contributed by atoms with van der Waals surface area (Å²) < 4.78 is 10.3. The van der Waals surface area contributed by atoms with E-state index in [1.165, 1.54) is 4.68 Å². The number of carbonyl (C=O) groups is 2. The third kappa shape index (κ3) is 4.89. The summed E-state index contributed by atoms with van der Waals surface area (Å²) in [6, 6.07) is 17.6. The van der Waals surface area contributed by atoms with Crippen LogP contribution in [0.5, 0.6) is 0 Å². The van der Waals surface area contributed by atoms with Crippen LogP contribution in [0.25, 0.3) is 11.4 Å². The topological polar surface area (TPSA) is 83.1 Å². The van der Waals surface area contributed by atoms with Gasteiger partial charge in [-0.25, -0.2) is 14.2 Å². The van der Waals surface area contributed by atoms with Gasteiger partial charge in [-0.15, -0.1) is 5.10 Å². The minimum Gasteiger partial charge on any atom is -0.462 e. The molecule has 0 aliphatic rings. The molecule has 0 saturated heterocycles. The monoisotopic (exact) mass is 481 g/mol. The van der Waals surface area contributed by atoms with E-state index in [1.807, 2.05) is 36.7 Å². The maximum absolute atomic E-state index is 12.9. The lowest BCUT2D eigenvalue weighted by atomic mass is 10.2. The molecule has 1 N–H and O–H groups in total. The third-order valence-corrected chi connectivity index (χ3v) is 5.37. The van der Waals surface area contributed by atoms with Crippen molar-refractivity contribution < 1.29 is 14.3 Å². The second-order valence-electron chi connectivity index (χ2n) is 6.96. The number of rotatable bonds is 7. The summed E-state index contributed by atoms with van der Waals surface area (Å²) in [5.74, 6) is -0.345. The van der Waals surface area contributed by atoms with E-state index in [-0.39, 0.29) is 24.6 Å². The Kier molecular flexibility index (Phi) is 6.71. The number of ether oxygens (including phenoxy) is 1. The lowest BCUT2D eigenvalue weighted by Crippen LogP contribution is -2.21. The highest BCUT2D eigenvalue weighted by Gasteiger charge is 2.18. The number of carbonyl (C=O) groups excluding carboxylic acids is 2. The summed E-state index contributed by atoms with van der Waals surface area (Å²) in [6.07, 6.45) is 3.66. The predicted octanol–water partition coefficient (Wildman–Crippen LogP) is 4.66. The molecule has 1 amide bonds. The molecule has 33 heavy (non-hydrogen) atoms. The minimum atomic E-state index is -0.507. The average molecular weight is 482 g/mol. The smallest absolute Gasteiger partial charge is 0.340 e. The van der Waals surface area contributed by atoms with Crippen molar-refractivity contribution in [3.8, 4) is 11.4 Å². The van der Waals surface area contributed by atoms with Gasteiger partial charge in [0.15, 0.2) is 5.82 Å². The Hall–Kier alpha value is -3.69. The molecule has 0 bridgehead atoms. The van der Waals surface area contributed by atoms with Crippen LogP contribution in [0.15, 0.2) is 73.1 Å². The third-order valence-electron chi connectivity index (χ3n) is 4.73. The lowest BCUT2D eigenvalue weighted by molar-refractivity contribution is -0.116. The van der Waals surface area contributed by atoms with Gasteiger partial charge in [-0.1, -0.05) is 23.7 Å². The van der Waals surface area contributed by atoms with Gasteiger partial charge in [-0.05, 0) is 67.7 Å². The van der Waals surface area contributed by atoms with Crippen LogP contribution in [0.1, 0.15) is 17.3 Å². The first kappa shape index (κ1) is 22.5. The van der Waals surface area contributed by atoms with Gasteiger partial charge in [0, 0.05) is 23.0 Å². The zero-order valence-electron chi connectivity index (χ0n) is 17.6. The van der Waals surface area contributed by atoms with E-state index >= 15 is 0 Å². The summed E-state index contributed by atoms with van der Waals surface area (Å²) >= 11 is 11.7. The number of hydrogen-bond donors (Lipinski definition) is 1. The molecule has 0 atom stereocenters. The quantitative estimate of drug-likeness (QED) is 0.306. The summed E-state index contributed by atoms with van der Waals surface area (Å²) in [5, 5.41) is 7.95. The van der Waals surface area contributed by atoms with Crippen LogP contribution in [0, 0.1) is 4.77 Å². The normalized spacial score (nSPS) is 10.7. The highest BCUT2D eigenvalue weighted by Crippen LogP contribution is 2.22. The van der Waals surface area contributed by atoms with Crippen molar-refractivity contribution in [3.63, 3.8) is 0 Å². The van der Waals surface area contributed by atoms with E-state index in [9.17, 15) is 9.59 Å². The van der Waals surface area contributed by atoms with Gasteiger partial charge < -0.3 is 10.1 Å². The van der Waals surface area contributed by atoms with Gasteiger partial charge in [0.05, 0.1) is 17.9 Å². The van der Waals surface area contributed by atoms with Crippen LogP contribution in [0.3, 0.4) is 0 Å². The molecule has 0 aliphatic carbocycles. The molecule has 0 unspecified atom stereocenters. The fraction of sp³-hybridized carbons (Fsp3) is 0.130. The van der Waals surface area contributed by atoms with Crippen LogP contribution < -0.4 is 5.32 Å². The second-order valence-corrected chi connectivity index (χ2v) is 7.76. The lowest BCUT2D eigenvalue weighted by Gasteiger charge is -2.10. The van der Waals surface area contributed by atoms with Gasteiger partial charge in [0.1, 0.15) is 6.54 Å². The Morgan fingerprint density at radius 1 is 1.06 bits per heavy atom. The molecule has 0 fully saturated rings. The molecule has 4 aromatic rings. The molecule has 0 spiro atoms. The number of aromatic nitrogens is 4. The first-order valence-electron chi connectivity index (χ1n) is 10.1. The molecule has 0 aliphatic heterocycles. The molecule has 0 saturated carbocycles. The van der Waals surface area contributed by atoms with Gasteiger partial charge in [0.2, 0.25) is 10.7 Å². The summed E-state index contributed by atoms with van der Waals surface area (Å²) in [7, 11) is 0. The van der Waals surface area contributed by atoms with Crippen LogP contribution >= 0.6 is 23.8 Å². The standard InChI is InChI=1S/C23H20ClN5O3S/c1-2-32-22(31)18-7-3-4-8-19(18)25-20(30)15-28-23(33)29(27-13-5-6-14-27)21(26-28)16-9-11-17(24)12-10-16/h3-14H,2,15H2,1H3,(H,25,30). The van der Waals surface area contributed by atoms with Gasteiger partial charge in [-0.3, -0.25) is 9.47 Å². The number of nitrogens with zero attached hydrogens (tertiary/aromatic N) is 4.